The highest BCUT2D eigenvalue weighted by molar-refractivity contribution is 14.1. The summed E-state index contributed by atoms with van der Waals surface area (Å²) in [5.41, 5.74) is 3.35. The number of piperazine rings is 1. The highest BCUT2D eigenvalue weighted by atomic mass is 127. The molecule has 204 valence electrons. The largest absolute Gasteiger partial charge is 0.340 e. The Morgan fingerprint density at radius 2 is 1.79 bits per heavy atom. The van der Waals surface area contributed by atoms with E-state index in [4.69, 9.17) is 0 Å². The first-order chi connectivity index (χ1) is 18.2. The summed E-state index contributed by atoms with van der Waals surface area (Å²) in [4.78, 5) is 14.0. The summed E-state index contributed by atoms with van der Waals surface area (Å²) in [6, 6.07) is 8.80. The number of nitrogens with zero attached hydrogens (tertiary/aromatic N) is 4. The van der Waals surface area contributed by atoms with E-state index in [-0.39, 0.29) is 11.4 Å². The van der Waals surface area contributed by atoms with Crippen molar-refractivity contribution in [2.45, 2.75) is 42.1 Å². The minimum atomic E-state index is -3.54. The van der Waals surface area contributed by atoms with Crippen molar-refractivity contribution in [2.75, 3.05) is 49.5 Å². The second-order valence-corrected chi connectivity index (χ2v) is 13.0. The van der Waals surface area contributed by atoms with E-state index < -0.39 is 10.0 Å². The fourth-order valence-electron chi connectivity index (χ4n) is 5.89. The summed E-state index contributed by atoms with van der Waals surface area (Å²) in [6.45, 7) is 3.84. The molecule has 2 fully saturated rings. The van der Waals surface area contributed by atoms with Gasteiger partial charge in [-0.3, -0.25) is 9.62 Å². The predicted octanol–water partition coefficient (Wildman–Crippen LogP) is 5.23. The zero-order valence-electron chi connectivity index (χ0n) is 21.8. The molecule has 11 heteroatoms. The van der Waals surface area contributed by atoms with Crippen molar-refractivity contribution in [3.63, 3.8) is 0 Å². The zero-order valence-corrected chi connectivity index (χ0v) is 24.8. The molecule has 0 atom stereocenters. The first kappa shape index (κ1) is 27.5. The molecule has 0 unspecified atom stereocenters. The van der Waals surface area contributed by atoms with Crippen LogP contribution >= 0.6 is 22.6 Å². The lowest BCUT2D eigenvalue weighted by atomic mass is 9.74. The number of hydrogen-bond acceptors (Lipinski definition) is 7. The first-order valence-corrected chi connectivity index (χ1v) is 16.4. The van der Waals surface area contributed by atoms with Gasteiger partial charge in [-0.05, 0) is 61.3 Å². The second kappa shape index (κ2) is 11.2. The second-order valence-electron chi connectivity index (χ2n) is 10.5. The van der Waals surface area contributed by atoms with E-state index in [1.54, 1.807) is 12.1 Å². The molecule has 0 radical (unpaired) electrons. The van der Waals surface area contributed by atoms with Crippen LogP contribution in [0.1, 0.15) is 43.2 Å². The maximum absolute atomic E-state index is 14.1. The number of hydrogen-bond donors (Lipinski definition) is 2. The van der Waals surface area contributed by atoms with Crippen LogP contribution in [0.4, 0.5) is 21.6 Å². The van der Waals surface area contributed by atoms with Crippen molar-refractivity contribution in [1.82, 2.24) is 19.8 Å². The summed E-state index contributed by atoms with van der Waals surface area (Å²) in [6.07, 6.45) is 8.05. The molecule has 2 N–H and O–H groups in total. The number of halogens is 2. The molecule has 5 rings (SSSR count). The Labute approximate surface area is 237 Å². The van der Waals surface area contributed by atoms with Crippen LogP contribution in [-0.4, -0.2) is 67.7 Å². The van der Waals surface area contributed by atoms with Crippen molar-refractivity contribution >= 4 is 60.7 Å². The van der Waals surface area contributed by atoms with Crippen LogP contribution in [0.2, 0.25) is 0 Å². The summed E-state index contributed by atoms with van der Waals surface area (Å²) < 4.78 is 42.6. The number of benzene rings is 2. The summed E-state index contributed by atoms with van der Waals surface area (Å²) in [7, 11) is -1.39. The number of anilines is 3. The Bertz CT molecular complexity index is 1420. The SMILES string of the molecule is CN1CCN(C2(c3cc4ncnc(Nc5ccc(F)c(CI)c5)c4cc3NS(C)(=O)=O)CCCCC2)CC1. The molecule has 1 aromatic heterocycles. The quantitative estimate of drug-likeness (QED) is 0.267. The molecule has 0 spiro atoms. The molecule has 1 aliphatic heterocycles. The summed E-state index contributed by atoms with van der Waals surface area (Å²) >= 11 is 2.14. The Balaban J connectivity index is 1.64. The molecule has 1 saturated heterocycles. The van der Waals surface area contributed by atoms with Crippen molar-refractivity contribution in [3.8, 4) is 0 Å². The monoisotopic (exact) mass is 652 g/mol. The number of rotatable bonds is 7. The third-order valence-electron chi connectivity index (χ3n) is 7.81. The van der Waals surface area contributed by atoms with Gasteiger partial charge < -0.3 is 10.2 Å². The van der Waals surface area contributed by atoms with Gasteiger partial charge in [0.05, 0.1) is 17.5 Å². The van der Waals surface area contributed by atoms with Crippen LogP contribution in [0, 0.1) is 5.82 Å². The first-order valence-electron chi connectivity index (χ1n) is 13.0. The van der Waals surface area contributed by atoms with Crippen molar-refractivity contribution < 1.29 is 12.8 Å². The fourth-order valence-corrected chi connectivity index (χ4v) is 7.04. The zero-order chi connectivity index (χ0) is 26.9. The summed E-state index contributed by atoms with van der Waals surface area (Å²) in [5.74, 6) is 0.296. The molecule has 0 bridgehead atoms. The number of alkyl halides is 1. The van der Waals surface area contributed by atoms with Crippen LogP contribution in [0.3, 0.4) is 0 Å². The minimum absolute atomic E-state index is 0.247. The lowest BCUT2D eigenvalue weighted by Crippen LogP contribution is -2.55. The topological polar surface area (TPSA) is 90.5 Å². The highest BCUT2D eigenvalue weighted by Crippen LogP contribution is 2.47. The van der Waals surface area contributed by atoms with Gasteiger partial charge in [-0.25, -0.2) is 22.8 Å². The van der Waals surface area contributed by atoms with E-state index >= 15 is 0 Å². The smallest absolute Gasteiger partial charge is 0.229 e. The molecule has 1 aliphatic carbocycles. The standard InChI is InChI=1S/C27H34FIN6O2S/c1-34-10-12-35(13-11-34)27(8-4-3-5-9-27)22-16-24-21(15-25(22)33-38(2,36)37)26(31-18-30-24)32-20-6-7-23(28)19(14-20)17-29/h6-7,14-16,18,33H,3-5,8-13,17H2,1-2H3,(H,30,31,32). The number of sulfonamides is 1. The fraction of sp³-hybridized carbons (Fsp3) is 0.481. The van der Waals surface area contributed by atoms with E-state index in [9.17, 15) is 12.8 Å². The van der Waals surface area contributed by atoms with Gasteiger partial charge in [0.1, 0.15) is 18.0 Å². The average Bonchev–Trinajstić information content (AvgIpc) is 2.89. The third-order valence-corrected chi connectivity index (χ3v) is 9.23. The summed E-state index contributed by atoms with van der Waals surface area (Å²) in [5, 5.41) is 4.00. The van der Waals surface area contributed by atoms with Gasteiger partial charge in [0.25, 0.3) is 0 Å². The number of likely N-dealkylation sites (N-methyl/N-ethyl adjacent to an activating group) is 1. The molecular formula is C27H34FIN6O2S. The van der Waals surface area contributed by atoms with E-state index in [2.05, 4.69) is 65.5 Å². The van der Waals surface area contributed by atoms with Gasteiger partial charge in [-0.15, -0.1) is 0 Å². The van der Waals surface area contributed by atoms with Gasteiger partial charge in [-0.2, -0.15) is 0 Å². The highest BCUT2D eigenvalue weighted by Gasteiger charge is 2.42. The minimum Gasteiger partial charge on any atom is -0.340 e. The molecule has 2 aromatic carbocycles. The maximum atomic E-state index is 14.1. The molecule has 1 saturated carbocycles. The van der Waals surface area contributed by atoms with Gasteiger partial charge in [0.2, 0.25) is 10.0 Å². The van der Waals surface area contributed by atoms with Crippen molar-refractivity contribution in [2.24, 2.45) is 0 Å². The van der Waals surface area contributed by atoms with E-state index in [1.807, 2.05) is 6.07 Å². The lowest BCUT2D eigenvalue weighted by Gasteiger charge is -2.50. The maximum Gasteiger partial charge on any atom is 0.229 e. The molecule has 3 aromatic rings. The molecule has 38 heavy (non-hydrogen) atoms. The Morgan fingerprint density at radius 3 is 2.47 bits per heavy atom. The van der Waals surface area contributed by atoms with Crippen LogP contribution < -0.4 is 10.0 Å². The van der Waals surface area contributed by atoms with Crippen molar-refractivity contribution in [1.29, 1.82) is 0 Å². The molecular weight excluding hydrogens is 618 g/mol. The van der Waals surface area contributed by atoms with E-state index in [0.717, 1.165) is 62.9 Å². The van der Waals surface area contributed by atoms with Gasteiger partial charge >= 0.3 is 0 Å². The lowest BCUT2D eigenvalue weighted by molar-refractivity contribution is 0.0108. The van der Waals surface area contributed by atoms with Crippen LogP contribution in [0.25, 0.3) is 10.9 Å². The molecule has 2 aliphatic rings. The molecule has 0 amide bonds. The van der Waals surface area contributed by atoms with Gasteiger partial charge in [0, 0.05) is 47.2 Å². The van der Waals surface area contributed by atoms with Crippen LogP contribution in [0.15, 0.2) is 36.7 Å². The van der Waals surface area contributed by atoms with E-state index in [1.165, 1.54) is 25.1 Å². The number of fused-ring (bicyclic) bond motifs is 1. The Morgan fingerprint density at radius 1 is 1.05 bits per heavy atom. The van der Waals surface area contributed by atoms with Gasteiger partial charge in [0.15, 0.2) is 0 Å². The average molecular weight is 653 g/mol. The predicted molar refractivity (Wildman–Crippen MR) is 159 cm³/mol. The Kier molecular flexibility index (Phi) is 8.09. The number of nitrogens with one attached hydrogen (secondary N) is 2. The molecule has 2 heterocycles. The van der Waals surface area contributed by atoms with Crippen LogP contribution in [0.5, 0.6) is 0 Å². The molecule has 8 nitrogen and oxygen atoms in total. The number of aromatic nitrogens is 2. The third kappa shape index (κ3) is 5.75. The van der Waals surface area contributed by atoms with Gasteiger partial charge in [-0.1, -0.05) is 41.9 Å². The normalized spacial score (nSPS) is 18.9. The van der Waals surface area contributed by atoms with Crippen LogP contribution in [-0.2, 0) is 20.0 Å². The Hall–Kier alpha value is -2.09. The van der Waals surface area contributed by atoms with Crippen molar-refractivity contribution in [3.05, 3.63) is 53.6 Å². The van der Waals surface area contributed by atoms with E-state index in [0.29, 0.717) is 32.6 Å².